The molecule has 0 aliphatic rings. The summed E-state index contributed by atoms with van der Waals surface area (Å²) in [6.07, 6.45) is 3.42. The number of pyridine rings is 1. The van der Waals surface area contributed by atoms with E-state index in [1.54, 1.807) is 18.3 Å². The number of hydrogen-bond donors (Lipinski definition) is 1. The van der Waals surface area contributed by atoms with Gasteiger partial charge >= 0.3 is 0 Å². The number of nitrogens with one attached hydrogen (secondary N) is 1. The van der Waals surface area contributed by atoms with E-state index in [-0.39, 0.29) is 5.91 Å². The number of benzene rings is 2. The van der Waals surface area contributed by atoms with Crippen molar-refractivity contribution in [1.29, 1.82) is 0 Å². The molecule has 0 radical (unpaired) electrons. The number of rotatable bonds is 4. The summed E-state index contributed by atoms with van der Waals surface area (Å²) in [6, 6.07) is 15.0. The molecule has 4 rings (SSSR count). The zero-order valence-corrected chi connectivity index (χ0v) is 15.4. The molecule has 134 valence electrons. The number of anilines is 1. The molecule has 27 heavy (non-hydrogen) atoms. The van der Waals surface area contributed by atoms with E-state index in [1.807, 2.05) is 36.4 Å². The average Bonchev–Trinajstić information content (AvgIpc) is 2.72. The molecule has 0 bridgehead atoms. The molecule has 2 aromatic heterocycles. The summed E-state index contributed by atoms with van der Waals surface area (Å²) in [5.41, 5.74) is 5.72. The van der Waals surface area contributed by atoms with Gasteiger partial charge in [0.1, 0.15) is 0 Å². The lowest BCUT2D eigenvalue weighted by molar-refractivity contribution is 0.102. The molecule has 0 atom stereocenters. The molecule has 0 spiro atoms. The van der Waals surface area contributed by atoms with Crippen molar-refractivity contribution in [3.63, 3.8) is 0 Å². The fourth-order valence-corrected chi connectivity index (χ4v) is 3.24. The monoisotopic (exact) mass is 356 g/mol. The number of aromatic nitrogens is 3. The predicted molar refractivity (Wildman–Crippen MR) is 108 cm³/mol. The van der Waals surface area contributed by atoms with E-state index in [0.717, 1.165) is 51.9 Å². The van der Waals surface area contributed by atoms with Crippen molar-refractivity contribution in [3.05, 3.63) is 71.7 Å². The molecule has 2 aromatic carbocycles. The second-order valence-electron chi connectivity index (χ2n) is 6.36. The van der Waals surface area contributed by atoms with E-state index in [1.165, 1.54) is 0 Å². The van der Waals surface area contributed by atoms with Crippen LogP contribution in [-0.2, 0) is 12.8 Å². The number of fused-ring (bicyclic) bond motifs is 2. The van der Waals surface area contributed by atoms with Gasteiger partial charge in [-0.2, -0.15) is 0 Å². The zero-order valence-electron chi connectivity index (χ0n) is 15.4. The van der Waals surface area contributed by atoms with Gasteiger partial charge in [-0.15, -0.1) is 0 Å². The minimum Gasteiger partial charge on any atom is -0.321 e. The Morgan fingerprint density at radius 1 is 0.889 bits per heavy atom. The molecule has 0 aliphatic heterocycles. The first-order chi connectivity index (χ1) is 13.2. The molecule has 0 fully saturated rings. The van der Waals surface area contributed by atoms with E-state index >= 15 is 0 Å². The van der Waals surface area contributed by atoms with Gasteiger partial charge in [0, 0.05) is 17.1 Å². The largest absolute Gasteiger partial charge is 0.321 e. The fraction of sp³-hybridized carbons (Fsp3) is 0.182. The van der Waals surface area contributed by atoms with E-state index in [9.17, 15) is 4.79 Å². The van der Waals surface area contributed by atoms with Crippen LogP contribution in [0.4, 0.5) is 5.69 Å². The normalized spacial score (nSPS) is 11.0. The van der Waals surface area contributed by atoms with Crippen molar-refractivity contribution in [1.82, 2.24) is 15.0 Å². The van der Waals surface area contributed by atoms with Gasteiger partial charge in [-0.25, -0.2) is 9.97 Å². The molecule has 2 heterocycles. The van der Waals surface area contributed by atoms with Crippen LogP contribution in [0.25, 0.3) is 21.9 Å². The third kappa shape index (κ3) is 3.24. The van der Waals surface area contributed by atoms with E-state index in [4.69, 9.17) is 4.98 Å². The lowest BCUT2D eigenvalue weighted by Gasteiger charge is -2.10. The van der Waals surface area contributed by atoms with Gasteiger partial charge < -0.3 is 5.32 Å². The number of nitrogens with zero attached hydrogens (tertiary/aromatic N) is 3. The summed E-state index contributed by atoms with van der Waals surface area (Å²) < 4.78 is 0. The van der Waals surface area contributed by atoms with Crippen molar-refractivity contribution >= 4 is 33.5 Å². The Labute approximate surface area is 157 Å². The highest BCUT2D eigenvalue weighted by atomic mass is 16.1. The minimum atomic E-state index is -0.173. The number of carbonyl (C=O) groups is 1. The van der Waals surface area contributed by atoms with Gasteiger partial charge in [0.25, 0.3) is 5.91 Å². The van der Waals surface area contributed by atoms with Crippen molar-refractivity contribution in [3.8, 4) is 0 Å². The van der Waals surface area contributed by atoms with E-state index in [0.29, 0.717) is 5.56 Å². The maximum absolute atomic E-state index is 12.8. The van der Waals surface area contributed by atoms with Crippen LogP contribution in [0.1, 0.15) is 35.6 Å². The Morgan fingerprint density at radius 3 is 2.44 bits per heavy atom. The molecular weight excluding hydrogens is 336 g/mol. The Bertz CT molecular complexity index is 1150. The van der Waals surface area contributed by atoms with Crippen LogP contribution in [0.3, 0.4) is 0 Å². The molecular formula is C22H20N4O. The molecule has 5 heteroatoms. The number of hydrogen-bond acceptors (Lipinski definition) is 4. The topological polar surface area (TPSA) is 67.8 Å². The summed E-state index contributed by atoms with van der Waals surface area (Å²) in [5.74, 6) is -0.173. The summed E-state index contributed by atoms with van der Waals surface area (Å²) in [7, 11) is 0. The van der Waals surface area contributed by atoms with Gasteiger partial charge in [-0.1, -0.05) is 19.9 Å². The van der Waals surface area contributed by atoms with Gasteiger partial charge in [-0.05, 0) is 55.3 Å². The molecule has 0 saturated carbocycles. The fourth-order valence-electron chi connectivity index (χ4n) is 3.24. The zero-order chi connectivity index (χ0) is 18.8. The smallest absolute Gasteiger partial charge is 0.255 e. The molecule has 5 nitrogen and oxygen atoms in total. The first-order valence-corrected chi connectivity index (χ1v) is 9.14. The molecule has 0 aliphatic carbocycles. The molecule has 1 amide bonds. The van der Waals surface area contributed by atoms with E-state index < -0.39 is 0 Å². The van der Waals surface area contributed by atoms with Crippen LogP contribution in [0.2, 0.25) is 0 Å². The number of carbonyl (C=O) groups excluding carboxylic acids is 1. The lowest BCUT2D eigenvalue weighted by Crippen LogP contribution is -2.12. The maximum atomic E-state index is 12.8. The van der Waals surface area contributed by atoms with Crippen molar-refractivity contribution in [2.75, 3.05) is 5.32 Å². The average molecular weight is 356 g/mol. The standard InChI is InChI=1S/C22H20N4O/c1-3-16-17(4-2)25-21-13-14(10-11-20(21)24-16)22(27)26-19-9-5-8-18-15(19)7-6-12-23-18/h5-13H,3-4H2,1-2H3,(H,26,27). The first kappa shape index (κ1) is 17.1. The van der Waals surface area contributed by atoms with E-state index in [2.05, 4.69) is 29.1 Å². The Balaban J connectivity index is 1.70. The third-order valence-electron chi connectivity index (χ3n) is 4.65. The van der Waals surface area contributed by atoms with Gasteiger partial charge in [0.2, 0.25) is 0 Å². The van der Waals surface area contributed by atoms with Crippen molar-refractivity contribution < 1.29 is 4.79 Å². The Morgan fingerprint density at radius 2 is 1.67 bits per heavy atom. The maximum Gasteiger partial charge on any atom is 0.255 e. The lowest BCUT2D eigenvalue weighted by atomic mass is 10.1. The number of aryl methyl sites for hydroxylation is 2. The second kappa shape index (κ2) is 7.11. The first-order valence-electron chi connectivity index (χ1n) is 9.14. The summed E-state index contributed by atoms with van der Waals surface area (Å²) in [4.78, 5) is 26.5. The van der Waals surface area contributed by atoms with Crippen LogP contribution in [0.15, 0.2) is 54.7 Å². The quantitative estimate of drug-likeness (QED) is 0.582. The summed E-state index contributed by atoms with van der Waals surface area (Å²) in [6.45, 7) is 4.15. The second-order valence-corrected chi connectivity index (χ2v) is 6.36. The Kier molecular flexibility index (Phi) is 4.50. The summed E-state index contributed by atoms with van der Waals surface area (Å²) >= 11 is 0. The van der Waals surface area contributed by atoms with Crippen LogP contribution in [0, 0.1) is 0 Å². The highest BCUT2D eigenvalue weighted by Crippen LogP contribution is 2.23. The third-order valence-corrected chi connectivity index (χ3v) is 4.65. The molecule has 1 N–H and O–H groups in total. The summed E-state index contributed by atoms with van der Waals surface area (Å²) in [5, 5.41) is 3.90. The highest BCUT2D eigenvalue weighted by Gasteiger charge is 2.12. The predicted octanol–water partition coefficient (Wildman–Crippen LogP) is 4.56. The molecule has 0 saturated heterocycles. The van der Waals surface area contributed by atoms with Crippen LogP contribution < -0.4 is 5.32 Å². The molecule has 0 unspecified atom stereocenters. The van der Waals surface area contributed by atoms with Gasteiger partial charge in [-0.3, -0.25) is 9.78 Å². The van der Waals surface area contributed by atoms with Crippen LogP contribution >= 0.6 is 0 Å². The van der Waals surface area contributed by atoms with Crippen LogP contribution in [-0.4, -0.2) is 20.9 Å². The SMILES string of the molecule is CCc1nc2ccc(C(=O)Nc3cccc4ncccc34)cc2nc1CC. The van der Waals surface area contributed by atoms with Gasteiger partial charge in [0.15, 0.2) is 0 Å². The Hall–Kier alpha value is -3.34. The van der Waals surface area contributed by atoms with Gasteiger partial charge in [0.05, 0.1) is 33.6 Å². The minimum absolute atomic E-state index is 0.173. The molecule has 4 aromatic rings. The highest BCUT2D eigenvalue weighted by molar-refractivity contribution is 6.09. The number of amides is 1. The van der Waals surface area contributed by atoms with Crippen molar-refractivity contribution in [2.45, 2.75) is 26.7 Å². The van der Waals surface area contributed by atoms with Crippen LogP contribution in [0.5, 0.6) is 0 Å². The van der Waals surface area contributed by atoms with Crippen molar-refractivity contribution in [2.24, 2.45) is 0 Å².